The Kier molecular flexibility index (Phi) is 7.45. The number of hydrogen-bond donors (Lipinski definition) is 3. The van der Waals surface area contributed by atoms with Gasteiger partial charge in [-0.1, -0.05) is 32.4 Å². The minimum atomic E-state index is -0.212. The van der Waals surface area contributed by atoms with Crippen molar-refractivity contribution in [3.63, 3.8) is 0 Å². The van der Waals surface area contributed by atoms with Gasteiger partial charge in [-0.15, -0.1) is 24.0 Å². The van der Waals surface area contributed by atoms with Crippen molar-refractivity contribution in [2.75, 3.05) is 11.9 Å². The first-order chi connectivity index (χ1) is 9.56. The topological polar surface area (TPSA) is 70.6 Å². The highest BCUT2D eigenvalue weighted by Gasteiger charge is 2.24. The van der Waals surface area contributed by atoms with Crippen LogP contribution >= 0.6 is 24.0 Å². The number of guanidine groups is 1. The zero-order valence-corrected chi connectivity index (χ0v) is 15.1. The van der Waals surface area contributed by atoms with E-state index in [2.05, 4.69) is 36.3 Å². The maximum absolute atomic E-state index is 9.76. The molecule has 0 saturated heterocycles. The molecular weight excluding hydrogens is 377 g/mol. The van der Waals surface area contributed by atoms with Crippen molar-refractivity contribution < 1.29 is 5.11 Å². The standard InChI is InChI=1S/C16H25N3O.HI/c1-11(2)12-5-3-7-14(9-12)19-16(17)18-10-13-6-4-8-15(13)20;/h3,5,7,9,11,13,15,20H,4,6,8,10H2,1-2H3,(H3,17,18,19);1H. The van der Waals surface area contributed by atoms with E-state index in [1.807, 2.05) is 12.1 Å². The molecule has 1 saturated carbocycles. The number of aliphatic imine (C=N–C) groups is 1. The van der Waals surface area contributed by atoms with E-state index in [0.29, 0.717) is 18.4 Å². The number of nitrogens with zero attached hydrogens (tertiary/aromatic N) is 1. The third kappa shape index (κ3) is 5.47. The van der Waals surface area contributed by atoms with E-state index in [1.54, 1.807) is 0 Å². The highest BCUT2D eigenvalue weighted by molar-refractivity contribution is 14.0. The van der Waals surface area contributed by atoms with Crippen LogP contribution in [0.3, 0.4) is 0 Å². The molecule has 1 aliphatic carbocycles. The number of nitrogens with one attached hydrogen (secondary N) is 1. The average Bonchev–Trinajstić information content (AvgIpc) is 2.82. The summed E-state index contributed by atoms with van der Waals surface area (Å²) in [7, 11) is 0. The molecule has 0 heterocycles. The third-order valence-electron chi connectivity index (χ3n) is 3.94. The van der Waals surface area contributed by atoms with E-state index in [0.717, 1.165) is 24.9 Å². The van der Waals surface area contributed by atoms with Crippen LogP contribution in [0.15, 0.2) is 29.3 Å². The minimum Gasteiger partial charge on any atom is -0.393 e. The second-order valence-corrected chi connectivity index (χ2v) is 5.89. The van der Waals surface area contributed by atoms with Gasteiger partial charge in [0.2, 0.25) is 0 Å². The fourth-order valence-corrected chi connectivity index (χ4v) is 2.61. The molecule has 0 bridgehead atoms. The summed E-state index contributed by atoms with van der Waals surface area (Å²) in [5, 5.41) is 12.9. The van der Waals surface area contributed by atoms with Crippen LogP contribution in [0.1, 0.15) is 44.6 Å². The number of aliphatic hydroxyl groups is 1. The lowest BCUT2D eigenvalue weighted by atomic mass is 10.0. The molecule has 1 aromatic carbocycles. The summed E-state index contributed by atoms with van der Waals surface area (Å²) >= 11 is 0. The number of hydrogen-bond acceptors (Lipinski definition) is 2. The van der Waals surface area contributed by atoms with Crippen LogP contribution in [0.4, 0.5) is 5.69 Å². The Bertz CT molecular complexity index is 476. The second kappa shape index (κ2) is 8.58. The molecule has 21 heavy (non-hydrogen) atoms. The molecule has 0 spiro atoms. The van der Waals surface area contributed by atoms with E-state index in [-0.39, 0.29) is 36.0 Å². The summed E-state index contributed by atoms with van der Waals surface area (Å²) in [5.41, 5.74) is 8.15. The fourth-order valence-electron chi connectivity index (χ4n) is 2.61. The molecule has 4 nitrogen and oxygen atoms in total. The van der Waals surface area contributed by atoms with Gasteiger partial charge in [0, 0.05) is 18.2 Å². The monoisotopic (exact) mass is 403 g/mol. The first kappa shape index (κ1) is 18.2. The van der Waals surface area contributed by atoms with Gasteiger partial charge in [-0.05, 0) is 36.5 Å². The fraction of sp³-hybridized carbons (Fsp3) is 0.562. The second-order valence-electron chi connectivity index (χ2n) is 5.89. The van der Waals surface area contributed by atoms with Gasteiger partial charge in [0.1, 0.15) is 0 Å². The zero-order chi connectivity index (χ0) is 14.5. The lowest BCUT2D eigenvalue weighted by molar-refractivity contribution is 0.137. The summed E-state index contributed by atoms with van der Waals surface area (Å²) in [4.78, 5) is 4.35. The molecule has 118 valence electrons. The van der Waals surface area contributed by atoms with Crippen LogP contribution in [0.5, 0.6) is 0 Å². The van der Waals surface area contributed by atoms with Crippen molar-refractivity contribution in [3.8, 4) is 0 Å². The molecule has 0 aromatic heterocycles. The highest BCUT2D eigenvalue weighted by Crippen LogP contribution is 2.25. The quantitative estimate of drug-likeness (QED) is 0.411. The summed E-state index contributed by atoms with van der Waals surface area (Å²) in [6, 6.07) is 8.21. The Morgan fingerprint density at radius 3 is 2.81 bits per heavy atom. The van der Waals surface area contributed by atoms with Crippen molar-refractivity contribution in [2.24, 2.45) is 16.6 Å². The number of benzene rings is 1. The van der Waals surface area contributed by atoms with Crippen molar-refractivity contribution in [3.05, 3.63) is 29.8 Å². The van der Waals surface area contributed by atoms with Gasteiger partial charge in [-0.25, -0.2) is 0 Å². The molecule has 2 atom stereocenters. The predicted octanol–water partition coefficient (Wildman–Crippen LogP) is 3.32. The molecule has 2 rings (SSSR count). The molecule has 1 fully saturated rings. The molecule has 0 radical (unpaired) electrons. The van der Waals surface area contributed by atoms with E-state index < -0.39 is 0 Å². The van der Waals surface area contributed by atoms with E-state index in [9.17, 15) is 5.11 Å². The molecule has 0 aliphatic heterocycles. The minimum absolute atomic E-state index is 0. The van der Waals surface area contributed by atoms with Crippen molar-refractivity contribution in [1.29, 1.82) is 0 Å². The van der Waals surface area contributed by atoms with Crippen LogP contribution in [0.25, 0.3) is 0 Å². The Labute approximate surface area is 144 Å². The summed E-state index contributed by atoms with van der Waals surface area (Å²) < 4.78 is 0. The van der Waals surface area contributed by atoms with Crippen LogP contribution in [0.2, 0.25) is 0 Å². The first-order valence-electron chi connectivity index (χ1n) is 7.41. The lowest BCUT2D eigenvalue weighted by Crippen LogP contribution is -2.25. The van der Waals surface area contributed by atoms with Crippen LogP contribution < -0.4 is 11.1 Å². The highest BCUT2D eigenvalue weighted by atomic mass is 127. The Hall–Kier alpha value is -0.820. The van der Waals surface area contributed by atoms with Gasteiger partial charge < -0.3 is 16.2 Å². The average molecular weight is 403 g/mol. The van der Waals surface area contributed by atoms with Gasteiger partial charge in [0.25, 0.3) is 0 Å². The van der Waals surface area contributed by atoms with Gasteiger partial charge in [0.05, 0.1) is 6.10 Å². The molecule has 4 N–H and O–H groups in total. The molecule has 1 aromatic rings. The van der Waals surface area contributed by atoms with E-state index in [4.69, 9.17) is 5.73 Å². The normalized spacial score (nSPS) is 22.2. The van der Waals surface area contributed by atoms with Gasteiger partial charge >= 0.3 is 0 Å². The van der Waals surface area contributed by atoms with E-state index in [1.165, 1.54) is 5.56 Å². The Balaban J connectivity index is 0.00000220. The number of anilines is 1. The maximum atomic E-state index is 9.76. The van der Waals surface area contributed by atoms with Gasteiger partial charge in [-0.3, -0.25) is 4.99 Å². The van der Waals surface area contributed by atoms with Crippen molar-refractivity contribution in [1.82, 2.24) is 0 Å². The number of rotatable bonds is 4. The third-order valence-corrected chi connectivity index (χ3v) is 3.94. The Morgan fingerprint density at radius 2 is 2.19 bits per heavy atom. The van der Waals surface area contributed by atoms with E-state index >= 15 is 0 Å². The summed E-state index contributed by atoms with van der Waals surface area (Å²) in [6.07, 6.45) is 2.81. The number of halogens is 1. The van der Waals surface area contributed by atoms with Crippen molar-refractivity contribution in [2.45, 2.75) is 45.1 Å². The smallest absolute Gasteiger partial charge is 0.193 e. The molecule has 2 unspecified atom stereocenters. The zero-order valence-electron chi connectivity index (χ0n) is 12.7. The molecular formula is C16H26IN3O. The summed E-state index contributed by atoms with van der Waals surface area (Å²) in [5.74, 6) is 1.17. The van der Waals surface area contributed by atoms with Gasteiger partial charge in [0.15, 0.2) is 5.96 Å². The predicted molar refractivity (Wildman–Crippen MR) is 99.4 cm³/mol. The van der Waals surface area contributed by atoms with Crippen LogP contribution in [0, 0.1) is 5.92 Å². The molecule has 1 aliphatic rings. The summed E-state index contributed by atoms with van der Waals surface area (Å²) in [6.45, 7) is 4.93. The van der Waals surface area contributed by atoms with Crippen molar-refractivity contribution >= 4 is 35.6 Å². The largest absolute Gasteiger partial charge is 0.393 e. The van der Waals surface area contributed by atoms with Crippen LogP contribution in [-0.2, 0) is 0 Å². The maximum Gasteiger partial charge on any atom is 0.193 e. The van der Waals surface area contributed by atoms with Gasteiger partial charge in [-0.2, -0.15) is 0 Å². The van der Waals surface area contributed by atoms with Crippen LogP contribution in [-0.4, -0.2) is 23.7 Å². The molecule has 5 heteroatoms. The number of nitrogens with two attached hydrogens (primary N) is 1. The SMILES string of the molecule is CC(C)c1cccc(NC(N)=NCC2CCCC2O)c1.I. The first-order valence-corrected chi connectivity index (χ1v) is 7.41. The Morgan fingerprint density at radius 1 is 1.43 bits per heavy atom. The molecule has 0 amide bonds. The lowest BCUT2D eigenvalue weighted by Gasteiger charge is -2.13. The number of aliphatic hydroxyl groups excluding tert-OH is 1.